The number of imide groups is 1. The van der Waals surface area contributed by atoms with Crippen LogP contribution in [0.15, 0.2) is 18.5 Å². The molecule has 1 aliphatic heterocycles. The Labute approximate surface area is 93.3 Å². The summed E-state index contributed by atoms with van der Waals surface area (Å²) in [6, 6.07) is 1.57. The van der Waals surface area contributed by atoms with Gasteiger partial charge in [-0.25, -0.2) is 0 Å². The average Bonchev–Trinajstić information content (AvgIpc) is 2.55. The fourth-order valence-electron chi connectivity index (χ4n) is 1.68. The van der Waals surface area contributed by atoms with Crippen LogP contribution in [0.3, 0.4) is 0 Å². The largest absolute Gasteiger partial charge is 0.274 e. The molecule has 0 spiro atoms. The second-order valence-electron chi connectivity index (χ2n) is 3.49. The van der Waals surface area contributed by atoms with E-state index in [1.54, 1.807) is 6.07 Å². The van der Waals surface area contributed by atoms with Gasteiger partial charge in [0.05, 0.1) is 11.1 Å². The first-order valence-corrected chi connectivity index (χ1v) is 4.99. The van der Waals surface area contributed by atoms with Crippen molar-refractivity contribution < 1.29 is 9.59 Å². The van der Waals surface area contributed by atoms with Crippen LogP contribution < -0.4 is 0 Å². The van der Waals surface area contributed by atoms with E-state index in [1.807, 2.05) is 0 Å². The number of nitrogens with zero attached hydrogens (tertiary/aromatic N) is 2. The minimum atomic E-state index is -0.273. The lowest BCUT2D eigenvalue weighted by atomic mass is 10.2. The van der Waals surface area contributed by atoms with E-state index < -0.39 is 0 Å². The van der Waals surface area contributed by atoms with E-state index in [9.17, 15) is 9.59 Å². The maximum Gasteiger partial charge on any atom is 0.263 e. The van der Waals surface area contributed by atoms with E-state index in [0.717, 1.165) is 0 Å². The minimum Gasteiger partial charge on any atom is -0.274 e. The summed E-state index contributed by atoms with van der Waals surface area (Å²) in [6.45, 7) is 0.372. The number of pyridine rings is 1. The SMILES string of the molecule is C#CCCCN1C(=O)c2ccncc2C1=O. The van der Waals surface area contributed by atoms with Crippen molar-refractivity contribution in [1.29, 1.82) is 0 Å². The number of hydrogen-bond donors (Lipinski definition) is 0. The van der Waals surface area contributed by atoms with Gasteiger partial charge in [-0.2, -0.15) is 0 Å². The molecule has 0 fully saturated rings. The number of amides is 2. The number of rotatable bonds is 3. The van der Waals surface area contributed by atoms with Crippen LogP contribution in [-0.2, 0) is 0 Å². The number of carbonyl (C=O) groups excluding carboxylic acids is 2. The summed E-state index contributed by atoms with van der Waals surface area (Å²) in [5, 5.41) is 0. The van der Waals surface area contributed by atoms with Gasteiger partial charge in [0.1, 0.15) is 0 Å². The van der Waals surface area contributed by atoms with Gasteiger partial charge in [-0.05, 0) is 12.5 Å². The van der Waals surface area contributed by atoms with Crippen LogP contribution >= 0.6 is 0 Å². The molecule has 0 aliphatic carbocycles. The molecule has 1 aliphatic rings. The standard InChI is InChI=1S/C12H10N2O2/c1-2-3-4-7-14-11(15)9-5-6-13-8-10(9)12(14)16/h1,5-6,8H,3-4,7H2. The Kier molecular flexibility index (Phi) is 2.69. The van der Waals surface area contributed by atoms with Gasteiger partial charge in [-0.1, -0.05) is 0 Å². The molecule has 1 aromatic rings. The first-order chi connectivity index (χ1) is 7.75. The Morgan fingerprint density at radius 1 is 1.31 bits per heavy atom. The average molecular weight is 214 g/mol. The van der Waals surface area contributed by atoms with Crippen molar-refractivity contribution in [2.75, 3.05) is 6.54 Å². The number of unbranched alkanes of at least 4 members (excludes halogenated alkanes) is 1. The molecule has 2 heterocycles. The first kappa shape index (κ1) is 10.4. The molecule has 2 amide bonds. The van der Waals surface area contributed by atoms with Crippen LogP contribution in [0.4, 0.5) is 0 Å². The summed E-state index contributed by atoms with van der Waals surface area (Å²) in [4.78, 5) is 28.7. The molecule has 0 bridgehead atoms. The highest BCUT2D eigenvalue weighted by molar-refractivity contribution is 6.21. The van der Waals surface area contributed by atoms with Crippen LogP contribution in [0.25, 0.3) is 0 Å². The Hall–Kier alpha value is -2.15. The highest BCUT2D eigenvalue weighted by Gasteiger charge is 2.34. The molecule has 1 aromatic heterocycles. The number of fused-ring (bicyclic) bond motifs is 1. The fraction of sp³-hybridized carbons (Fsp3) is 0.250. The summed E-state index contributed by atoms with van der Waals surface area (Å²) >= 11 is 0. The molecule has 0 unspecified atom stereocenters. The lowest BCUT2D eigenvalue weighted by Gasteiger charge is -2.11. The monoisotopic (exact) mass is 214 g/mol. The Balaban J connectivity index is 2.19. The van der Waals surface area contributed by atoms with E-state index in [2.05, 4.69) is 10.9 Å². The molecule has 4 heteroatoms. The van der Waals surface area contributed by atoms with Gasteiger partial charge in [0.15, 0.2) is 0 Å². The third-order valence-corrected chi connectivity index (χ3v) is 2.48. The van der Waals surface area contributed by atoms with Gasteiger partial charge in [0.2, 0.25) is 0 Å². The van der Waals surface area contributed by atoms with Gasteiger partial charge >= 0.3 is 0 Å². The third-order valence-electron chi connectivity index (χ3n) is 2.48. The maximum absolute atomic E-state index is 11.8. The smallest absolute Gasteiger partial charge is 0.263 e. The molecule has 0 aromatic carbocycles. The van der Waals surface area contributed by atoms with E-state index in [-0.39, 0.29) is 11.8 Å². The molecule has 0 atom stereocenters. The third kappa shape index (κ3) is 1.57. The first-order valence-electron chi connectivity index (χ1n) is 4.99. The summed E-state index contributed by atoms with van der Waals surface area (Å²) in [5.74, 6) is 1.96. The van der Waals surface area contributed by atoms with E-state index in [4.69, 9.17) is 6.42 Å². The van der Waals surface area contributed by atoms with Crippen molar-refractivity contribution in [1.82, 2.24) is 9.88 Å². The van der Waals surface area contributed by atoms with Crippen LogP contribution in [-0.4, -0.2) is 28.2 Å². The summed E-state index contributed by atoms with van der Waals surface area (Å²) < 4.78 is 0. The zero-order chi connectivity index (χ0) is 11.5. The van der Waals surface area contributed by atoms with Gasteiger partial charge in [-0.15, -0.1) is 12.3 Å². The maximum atomic E-state index is 11.8. The van der Waals surface area contributed by atoms with Crippen LogP contribution in [0.5, 0.6) is 0 Å². The summed E-state index contributed by atoms with van der Waals surface area (Å²) in [7, 11) is 0. The van der Waals surface area contributed by atoms with Gasteiger partial charge in [0.25, 0.3) is 11.8 Å². The molecule has 80 valence electrons. The Morgan fingerprint density at radius 2 is 2.06 bits per heavy atom. The van der Waals surface area contributed by atoms with Gasteiger partial charge in [-0.3, -0.25) is 19.5 Å². The van der Waals surface area contributed by atoms with Crippen LogP contribution in [0, 0.1) is 12.3 Å². The molecular formula is C12H10N2O2. The second kappa shape index (κ2) is 4.15. The fourth-order valence-corrected chi connectivity index (χ4v) is 1.68. The number of carbonyl (C=O) groups is 2. The van der Waals surface area contributed by atoms with E-state index in [1.165, 1.54) is 17.3 Å². The summed E-state index contributed by atoms with van der Waals surface area (Å²) in [5.41, 5.74) is 0.814. The molecule has 2 rings (SSSR count). The molecule has 0 saturated heterocycles. The molecule has 0 radical (unpaired) electrons. The number of hydrogen-bond acceptors (Lipinski definition) is 3. The Morgan fingerprint density at radius 3 is 2.75 bits per heavy atom. The molecule has 4 nitrogen and oxygen atoms in total. The summed E-state index contributed by atoms with van der Waals surface area (Å²) in [6.07, 6.45) is 9.25. The van der Waals surface area contributed by atoms with Crippen molar-refractivity contribution in [3.63, 3.8) is 0 Å². The second-order valence-corrected chi connectivity index (χ2v) is 3.49. The normalized spacial score (nSPS) is 13.8. The highest BCUT2D eigenvalue weighted by atomic mass is 16.2. The highest BCUT2D eigenvalue weighted by Crippen LogP contribution is 2.21. The van der Waals surface area contributed by atoms with Crippen LogP contribution in [0.1, 0.15) is 33.6 Å². The predicted molar refractivity (Wildman–Crippen MR) is 57.7 cm³/mol. The van der Waals surface area contributed by atoms with E-state index in [0.29, 0.717) is 30.5 Å². The van der Waals surface area contributed by atoms with Crippen molar-refractivity contribution in [2.45, 2.75) is 12.8 Å². The topological polar surface area (TPSA) is 50.3 Å². The molecule has 16 heavy (non-hydrogen) atoms. The number of aromatic nitrogens is 1. The Bertz CT molecular complexity index is 453. The van der Waals surface area contributed by atoms with Crippen LogP contribution in [0.2, 0.25) is 0 Å². The van der Waals surface area contributed by atoms with Gasteiger partial charge < -0.3 is 0 Å². The van der Waals surface area contributed by atoms with Crippen molar-refractivity contribution in [2.24, 2.45) is 0 Å². The molecule has 0 N–H and O–H groups in total. The zero-order valence-corrected chi connectivity index (χ0v) is 8.64. The van der Waals surface area contributed by atoms with Crippen molar-refractivity contribution in [3.05, 3.63) is 29.6 Å². The number of terminal acetylenes is 1. The molecular weight excluding hydrogens is 204 g/mol. The van der Waals surface area contributed by atoms with Crippen molar-refractivity contribution >= 4 is 11.8 Å². The minimum absolute atomic E-state index is 0.251. The predicted octanol–water partition coefficient (Wildman–Crippen LogP) is 1.09. The van der Waals surface area contributed by atoms with E-state index >= 15 is 0 Å². The van der Waals surface area contributed by atoms with Crippen molar-refractivity contribution in [3.8, 4) is 12.3 Å². The zero-order valence-electron chi connectivity index (χ0n) is 8.64. The molecule has 0 saturated carbocycles. The quantitative estimate of drug-likeness (QED) is 0.430. The lowest BCUT2D eigenvalue weighted by molar-refractivity contribution is 0.0653. The van der Waals surface area contributed by atoms with Gasteiger partial charge in [0, 0.05) is 25.4 Å². The lowest BCUT2D eigenvalue weighted by Crippen LogP contribution is -2.30.